The lowest BCUT2D eigenvalue weighted by molar-refractivity contribution is -0.137. The number of aliphatic carboxylic acids is 1. The zero-order chi connectivity index (χ0) is 14.4. The van der Waals surface area contributed by atoms with Crippen LogP contribution in [-0.2, 0) is 4.79 Å². The lowest BCUT2D eigenvalue weighted by atomic mass is 10.3. The molecule has 2 aliphatic rings. The van der Waals surface area contributed by atoms with Crippen molar-refractivity contribution >= 4 is 12.0 Å². The highest BCUT2D eigenvalue weighted by Crippen LogP contribution is 2.29. The highest BCUT2D eigenvalue weighted by molar-refractivity contribution is 5.80. The Labute approximate surface area is 119 Å². The molecule has 20 heavy (non-hydrogen) atoms. The summed E-state index contributed by atoms with van der Waals surface area (Å²) in [6, 6.07) is -0.255. The van der Waals surface area contributed by atoms with Gasteiger partial charge >= 0.3 is 12.0 Å². The maximum absolute atomic E-state index is 12.0. The largest absolute Gasteiger partial charge is 0.480 e. The number of nitrogens with one attached hydrogen (secondary N) is 2. The number of hydrogen-bond donors (Lipinski definition) is 3. The molecule has 0 radical (unpaired) electrons. The van der Waals surface area contributed by atoms with Gasteiger partial charge in [-0.05, 0) is 18.8 Å². The van der Waals surface area contributed by atoms with Gasteiger partial charge in [0.1, 0.15) is 6.54 Å². The first-order valence-corrected chi connectivity index (χ1v) is 7.33. The van der Waals surface area contributed by atoms with Gasteiger partial charge < -0.3 is 20.6 Å². The number of piperazine rings is 1. The molecule has 7 nitrogen and oxygen atoms in total. The van der Waals surface area contributed by atoms with Crippen molar-refractivity contribution in [2.24, 2.45) is 5.92 Å². The quantitative estimate of drug-likeness (QED) is 0.581. The lowest BCUT2D eigenvalue weighted by Crippen LogP contribution is -2.49. The molecule has 1 heterocycles. The molecule has 114 valence electrons. The fraction of sp³-hybridized carbons (Fsp3) is 0.846. The number of nitrogens with zero attached hydrogens (tertiary/aromatic N) is 2. The van der Waals surface area contributed by atoms with Gasteiger partial charge in [0, 0.05) is 45.8 Å². The van der Waals surface area contributed by atoms with Crippen LogP contribution in [0.25, 0.3) is 0 Å². The highest BCUT2D eigenvalue weighted by atomic mass is 16.4. The number of urea groups is 1. The Bertz CT molecular complexity index is 341. The van der Waals surface area contributed by atoms with E-state index >= 15 is 0 Å². The van der Waals surface area contributed by atoms with E-state index in [1.807, 2.05) is 0 Å². The van der Waals surface area contributed by atoms with Crippen molar-refractivity contribution in [3.8, 4) is 0 Å². The molecular formula is C13H24N4O3. The molecule has 1 saturated heterocycles. The summed E-state index contributed by atoms with van der Waals surface area (Å²) in [4.78, 5) is 26.5. The molecule has 3 N–H and O–H groups in total. The Morgan fingerprint density at radius 1 is 1.30 bits per heavy atom. The first-order valence-electron chi connectivity index (χ1n) is 7.33. The van der Waals surface area contributed by atoms with Crippen molar-refractivity contribution in [2.45, 2.75) is 12.8 Å². The first kappa shape index (κ1) is 15.1. The topological polar surface area (TPSA) is 84.9 Å². The summed E-state index contributed by atoms with van der Waals surface area (Å²) in [7, 11) is 0. The monoisotopic (exact) mass is 284 g/mol. The van der Waals surface area contributed by atoms with Crippen molar-refractivity contribution in [3.05, 3.63) is 0 Å². The Hall–Kier alpha value is -1.34. The number of carboxylic acid groups (broad SMARTS) is 1. The number of carbonyl (C=O) groups is 2. The number of carboxylic acids is 1. The fourth-order valence-corrected chi connectivity index (χ4v) is 2.36. The second kappa shape index (κ2) is 7.44. The number of carbonyl (C=O) groups excluding carboxylic acids is 1. The van der Waals surface area contributed by atoms with E-state index in [1.54, 1.807) is 0 Å². The lowest BCUT2D eigenvalue weighted by Gasteiger charge is -2.28. The van der Waals surface area contributed by atoms with Gasteiger partial charge in [-0.1, -0.05) is 0 Å². The maximum Gasteiger partial charge on any atom is 0.323 e. The Kier molecular flexibility index (Phi) is 5.60. The molecule has 0 bridgehead atoms. The molecule has 0 spiro atoms. The fourth-order valence-electron chi connectivity index (χ4n) is 2.36. The van der Waals surface area contributed by atoms with Gasteiger partial charge in [0.25, 0.3) is 0 Å². The predicted octanol–water partition coefficient (Wildman–Crippen LogP) is -0.602. The smallest absolute Gasteiger partial charge is 0.323 e. The number of rotatable bonds is 7. The summed E-state index contributed by atoms with van der Waals surface area (Å²) >= 11 is 0. The Morgan fingerprint density at radius 2 is 2.00 bits per heavy atom. The molecule has 1 aliphatic carbocycles. The molecule has 0 aromatic rings. The third-order valence-electron chi connectivity index (χ3n) is 3.70. The van der Waals surface area contributed by atoms with E-state index in [-0.39, 0.29) is 12.6 Å². The van der Waals surface area contributed by atoms with Crippen molar-refractivity contribution in [3.63, 3.8) is 0 Å². The van der Waals surface area contributed by atoms with Gasteiger partial charge in [-0.25, -0.2) is 4.79 Å². The third kappa shape index (κ3) is 5.34. The summed E-state index contributed by atoms with van der Waals surface area (Å²) in [6.45, 7) is 5.70. The van der Waals surface area contributed by atoms with Crippen molar-refractivity contribution in [1.82, 2.24) is 20.4 Å². The molecule has 0 aromatic carbocycles. The zero-order valence-corrected chi connectivity index (χ0v) is 11.8. The zero-order valence-electron chi connectivity index (χ0n) is 11.8. The van der Waals surface area contributed by atoms with Gasteiger partial charge in [-0.2, -0.15) is 0 Å². The van der Waals surface area contributed by atoms with Crippen LogP contribution in [0.1, 0.15) is 12.8 Å². The molecule has 7 heteroatoms. The average Bonchev–Trinajstić information content (AvgIpc) is 3.22. The van der Waals surface area contributed by atoms with Gasteiger partial charge in [0.05, 0.1) is 0 Å². The number of amides is 2. The SMILES string of the molecule is O=C(O)CN(CC1CC1)C(=O)NCCN1CCNCC1. The predicted molar refractivity (Wildman–Crippen MR) is 74.6 cm³/mol. The molecule has 1 saturated carbocycles. The van der Waals surface area contributed by atoms with Crippen LogP contribution in [0, 0.1) is 5.92 Å². The molecule has 2 rings (SSSR count). The average molecular weight is 284 g/mol. The molecule has 1 aliphatic heterocycles. The molecule has 0 unspecified atom stereocenters. The van der Waals surface area contributed by atoms with Gasteiger partial charge in [0.2, 0.25) is 0 Å². The van der Waals surface area contributed by atoms with Crippen LogP contribution < -0.4 is 10.6 Å². The Balaban J connectivity index is 1.68. The minimum Gasteiger partial charge on any atom is -0.480 e. The highest BCUT2D eigenvalue weighted by Gasteiger charge is 2.27. The standard InChI is InChI=1S/C13H24N4O3/c18-12(19)10-17(9-11-1-2-11)13(20)15-5-8-16-6-3-14-4-7-16/h11,14H,1-10H2,(H,15,20)(H,18,19). The van der Waals surface area contributed by atoms with Crippen molar-refractivity contribution in [1.29, 1.82) is 0 Å². The van der Waals surface area contributed by atoms with Gasteiger partial charge in [-0.3, -0.25) is 9.69 Å². The molecule has 2 amide bonds. The van der Waals surface area contributed by atoms with Crippen LogP contribution in [0.2, 0.25) is 0 Å². The summed E-state index contributed by atoms with van der Waals surface area (Å²) in [5.74, 6) is -0.462. The maximum atomic E-state index is 12.0. The van der Waals surface area contributed by atoms with Gasteiger partial charge in [-0.15, -0.1) is 0 Å². The van der Waals surface area contributed by atoms with Crippen molar-refractivity contribution < 1.29 is 14.7 Å². The van der Waals surface area contributed by atoms with E-state index in [0.717, 1.165) is 45.6 Å². The molecule has 2 fully saturated rings. The minimum absolute atomic E-state index is 0.212. The third-order valence-corrected chi connectivity index (χ3v) is 3.70. The van der Waals surface area contributed by atoms with E-state index in [1.165, 1.54) is 4.90 Å². The van der Waals surface area contributed by atoms with E-state index in [9.17, 15) is 9.59 Å². The second-order valence-electron chi connectivity index (χ2n) is 5.54. The first-order chi connectivity index (χ1) is 9.65. The van der Waals surface area contributed by atoms with Crippen LogP contribution >= 0.6 is 0 Å². The number of hydrogen-bond acceptors (Lipinski definition) is 4. The van der Waals surface area contributed by atoms with E-state index in [4.69, 9.17) is 5.11 Å². The normalized spacial score (nSPS) is 19.6. The van der Waals surface area contributed by atoms with E-state index in [0.29, 0.717) is 19.0 Å². The van der Waals surface area contributed by atoms with Crippen molar-refractivity contribution in [2.75, 3.05) is 52.4 Å². The second-order valence-corrected chi connectivity index (χ2v) is 5.54. The summed E-state index contributed by atoms with van der Waals surface area (Å²) in [5.41, 5.74) is 0. The summed E-state index contributed by atoms with van der Waals surface area (Å²) in [5, 5.41) is 15.0. The summed E-state index contributed by atoms with van der Waals surface area (Å²) in [6.07, 6.45) is 2.20. The van der Waals surface area contributed by atoms with Crippen LogP contribution in [0.15, 0.2) is 0 Å². The van der Waals surface area contributed by atoms with E-state index < -0.39 is 5.97 Å². The Morgan fingerprint density at radius 3 is 2.60 bits per heavy atom. The van der Waals surface area contributed by atoms with Gasteiger partial charge in [0.15, 0.2) is 0 Å². The van der Waals surface area contributed by atoms with Crippen LogP contribution in [0.5, 0.6) is 0 Å². The van der Waals surface area contributed by atoms with Crippen LogP contribution in [0.4, 0.5) is 4.79 Å². The molecule has 0 aromatic heterocycles. The molecular weight excluding hydrogens is 260 g/mol. The summed E-state index contributed by atoms with van der Waals surface area (Å²) < 4.78 is 0. The van der Waals surface area contributed by atoms with E-state index in [2.05, 4.69) is 15.5 Å². The van der Waals surface area contributed by atoms with Crippen LogP contribution in [0.3, 0.4) is 0 Å². The molecule has 0 atom stereocenters. The van der Waals surface area contributed by atoms with Crippen LogP contribution in [-0.4, -0.2) is 79.3 Å². The minimum atomic E-state index is -0.956.